The number of nitrogens with zero attached hydrogens (tertiary/aromatic N) is 1. The summed E-state index contributed by atoms with van der Waals surface area (Å²) >= 11 is 1.99. The number of hydrogen-bond acceptors (Lipinski definition) is 3. The van der Waals surface area contributed by atoms with Gasteiger partial charge in [0.2, 0.25) is 5.92 Å². The van der Waals surface area contributed by atoms with Gasteiger partial charge >= 0.3 is 18.6 Å². The van der Waals surface area contributed by atoms with Gasteiger partial charge in [0.15, 0.2) is 0 Å². The number of amides is 2. The van der Waals surface area contributed by atoms with Crippen LogP contribution >= 0.6 is 22.6 Å². The Kier molecular flexibility index (Phi) is 8.80. The summed E-state index contributed by atoms with van der Waals surface area (Å²) in [5, 5.41) is 5.21. The summed E-state index contributed by atoms with van der Waals surface area (Å²) in [4.78, 5) is 17.7. The molecule has 3 aromatic rings. The van der Waals surface area contributed by atoms with Crippen LogP contribution in [-0.2, 0) is 12.0 Å². The summed E-state index contributed by atoms with van der Waals surface area (Å²) in [6.45, 7) is 0. The van der Waals surface area contributed by atoms with Gasteiger partial charge < -0.3 is 15.4 Å². The molecular formula is C27H23F7IN3O2. The van der Waals surface area contributed by atoms with Crippen LogP contribution < -0.4 is 15.4 Å². The molecule has 1 aromatic heterocycles. The Bertz CT molecular complexity index is 1330. The van der Waals surface area contributed by atoms with E-state index in [-0.39, 0.29) is 24.1 Å². The van der Waals surface area contributed by atoms with Crippen molar-refractivity contribution in [1.82, 2.24) is 15.6 Å². The SMILES string of the molecule is O=C(N[C@@H]1CCC(F)(F)C1)N[C@@](Cc1ccccc1)(c1cc(F)cc(OC(F)(F)C(F)F)c1)c1ccc(I)cn1. The summed E-state index contributed by atoms with van der Waals surface area (Å²) in [5.74, 6) is -4.97. The number of carbonyl (C=O) groups is 1. The third kappa shape index (κ3) is 7.15. The van der Waals surface area contributed by atoms with E-state index in [1.165, 1.54) is 12.3 Å². The zero-order valence-corrected chi connectivity index (χ0v) is 22.8. The second-order valence-electron chi connectivity index (χ2n) is 9.46. The molecule has 0 unspecified atom stereocenters. The molecule has 0 spiro atoms. The zero-order chi connectivity index (χ0) is 29.1. The highest BCUT2D eigenvalue weighted by Crippen LogP contribution is 2.38. The summed E-state index contributed by atoms with van der Waals surface area (Å²) < 4.78 is 100. The highest BCUT2D eigenvalue weighted by Gasteiger charge is 2.45. The molecule has 0 bridgehead atoms. The smallest absolute Gasteiger partial charge is 0.428 e. The van der Waals surface area contributed by atoms with Crippen molar-refractivity contribution < 1.29 is 40.3 Å². The van der Waals surface area contributed by atoms with Crippen LogP contribution in [0.2, 0.25) is 0 Å². The normalized spacial score (nSPS) is 18.3. The molecule has 2 amide bonds. The number of hydrogen-bond donors (Lipinski definition) is 2. The van der Waals surface area contributed by atoms with Crippen LogP contribution in [-0.4, -0.2) is 35.5 Å². The van der Waals surface area contributed by atoms with E-state index in [9.17, 15) is 35.5 Å². The fraction of sp³-hybridized carbons (Fsp3) is 0.333. The lowest BCUT2D eigenvalue weighted by Gasteiger charge is -2.36. The first-order valence-electron chi connectivity index (χ1n) is 12.1. The fourth-order valence-corrected chi connectivity index (χ4v) is 4.93. The van der Waals surface area contributed by atoms with E-state index in [0.717, 1.165) is 12.1 Å². The van der Waals surface area contributed by atoms with Gasteiger partial charge in [0.1, 0.15) is 17.1 Å². The molecule has 1 heterocycles. The number of urea groups is 1. The maximum absolute atomic E-state index is 14.9. The van der Waals surface area contributed by atoms with Gasteiger partial charge in [-0.3, -0.25) is 4.98 Å². The number of rotatable bonds is 9. The first-order valence-corrected chi connectivity index (χ1v) is 13.1. The maximum atomic E-state index is 14.9. The predicted molar refractivity (Wildman–Crippen MR) is 140 cm³/mol. The molecule has 0 aliphatic heterocycles. The first-order chi connectivity index (χ1) is 18.8. The number of benzene rings is 2. The van der Waals surface area contributed by atoms with Crippen LogP contribution in [0.5, 0.6) is 5.75 Å². The van der Waals surface area contributed by atoms with Crippen LogP contribution in [0, 0.1) is 9.39 Å². The Hall–Kier alpha value is -3.10. The van der Waals surface area contributed by atoms with Crippen molar-refractivity contribution in [2.75, 3.05) is 0 Å². The molecule has 1 fully saturated rings. The Morgan fingerprint density at radius 2 is 1.85 bits per heavy atom. The average molecular weight is 681 g/mol. The lowest BCUT2D eigenvalue weighted by atomic mass is 9.80. The largest absolute Gasteiger partial charge is 0.461 e. The molecule has 13 heteroatoms. The minimum Gasteiger partial charge on any atom is -0.428 e. The molecule has 4 rings (SSSR count). The van der Waals surface area contributed by atoms with Gasteiger partial charge in [0.25, 0.3) is 0 Å². The van der Waals surface area contributed by atoms with E-state index in [1.807, 2.05) is 22.6 Å². The molecule has 2 N–H and O–H groups in total. The van der Waals surface area contributed by atoms with Crippen molar-refractivity contribution in [3.63, 3.8) is 0 Å². The van der Waals surface area contributed by atoms with E-state index in [4.69, 9.17) is 0 Å². The van der Waals surface area contributed by atoms with Crippen LogP contribution in [0.3, 0.4) is 0 Å². The van der Waals surface area contributed by atoms with E-state index in [0.29, 0.717) is 15.2 Å². The Morgan fingerprint density at radius 1 is 1.12 bits per heavy atom. The van der Waals surface area contributed by atoms with Crippen LogP contribution in [0.4, 0.5) is 35.5 Å². The molecule has 0 radical (unpaired) electrons. The molecule has 2 atom stereocenters. The third-order valence-corrected chi connectivity index (χ3v) is 7.05. The van der Waals surface area contributed by atoms with E-state index in [2.05, 4.69) is 20.4 Å². The maximum Gasteiger partial charge on any atom is 0.461 e. The topological polar surface area (TPSA) is 63.2 Å². The predicted octanol–water partition coefficient (Wildman–Crippen LogP) is 7.04. The Balaban J connectivity index is 1.84. The Morgan fingerprint density at radius 3 is 2.45 bits per heavy atom. The van der Waals surface area contributed by atoms with E-state index >= 15 is 0 Å². The zero-order valence-electron chi connectivity index (χ0n) is 20.6. The highest BCUT2D eigenvalue weighted by molar-refractivity contribution is 14.1. The van der Waals surface area contributed by atoms with Crippen molar-refractivity contribution in [2.45, 2.75) is 55.7 Å². The van der Waals surface area contributed by atoms with Crippen molar-refractivity contribution in [3.05, 3.63) is 93.1 Å². The monoisotopic (exact) mass is 681 g/mol. The number of pyridine rings is 1. The van der Waals surface area contributed by atoms with Gasteiger partial charge in [0.05, 0.1) is 5.69 Å². The summed E-state index contributed by atoms with van der Waals surface area (Å²) in [6.07, 6.45) is -8.73. The van der Waals surface area contributed by atoms with Crippen LogP contribution in [0.15, 0.2) is 66.9 Å². The summed E-state index contributed by atoms with van der Waals surface area (Å²) in [5.41, 5.74) is -1.20. The molecule has 1 saturated carbocycles. The second-order valence-corrected chi connectivity index (χ2v) is 10.7. The number of halogens is 8. The standard InChI is InChI=1S/C27H23F7IN3O2/c28-18-10-17(11-21(12-18)40-27(33,34)23(29)30)26(13-16-4-2-1-3-5-16,22-7-6-19(35)15-36-22)38-24(39)37-20-8-9-25(31,32)14-20/h1-7,10-12,15,20,23H,8-9,13-14H2,(H2,37,38,39)/t20-,26+/m1/s1. The second kappa shape index (κ2) is 11.8. The van der Waals surface area contributed by atoms with Gasteiger partial charge in [-0.1, -0.05) is 30.3 Å². The minimum absolute atomic E-state index is 0.0224. The number of carbonyl (C=O) groups excluding carboxylic acids is 1. The fourth-order valence-electron chi connectivity index (χ4n) is 4.61. The number of ether oxygens (including phenoxy) is 1. The molecule has 0 saturated heterocycles. The van der Waals surface area contributed by atoms with E-state index in [1.54, 1.807) is 36.4 Å². The first kappa shape index (κ1) is 29.9. The highest BCUT2D eigenvalue weighted by atomic mass is 127. The van der Waals surface area contributed by atoms with Crippen molar-refractivity contribution >= 4 is 28.6 Å². The minimum atomic E-state index is -4.92. The van der Waals surface area contributed by atoms with Gasteiger partial charge in [-0.2, -0.15) is 17.6 Å². The third-order valence-electron chi connectivity index (χ3n) is 6.41. The van der Waals surface area contributed by atoms with Gasteiger partial charge in [-0.05, 0) is 64.4 Å². The van der Waals surface area contributed by atoms with Crippen molar-refractivity contribution in [3.8, 4) is 5.75 Å². The molecular weight excluding hydrogens is 658 g/mol. The van der Waals surface area contributed by atoms with E-state index < -0.39 is 60.5 Å². The molecule has 1 aliphatic rings. The lowest BCUT2D eigenvalue weighted by Crippen LogP contribution is -2.54. The van der Waals surface area contributed by atoms with Gasteiger partial charge in [-0.25, -0.2) is 18.0 Å². The molecule has 40 heavy (non-hydrogen) atoms. The van der Waals surface area contributed by atoms with Crippen molar-refractivity contribution in [2.24, 2.45) is 0 Å². The van der Waals surface area contributed by atoms with Crippen molar-refractivity contribution in [1.29, 1.82) is 0 Å². The molecule has 5 nitrogen and oxygen atoms in total. The molecule has 2 aromatic carbocycles. The van der Waals surface area contributed by atoms with Crippen LogP contribution in [0.1, 0.15) is 36.1 Å². The van der Waals surface area contributed by atoms with Gasteiger partial charge in [-0.15, -0.1) is 0 Å². The number of nitrogens with one attached hydrogen (secondary N) is 2. The lowest BCUT2D eigenvalue weighted by molar-refractivity contribution is -0.253. The number of alkyl halides is 6. The summed E-state index contributed by atoms with van der Waals surface area (Å²) in [6, 6.07) is 12.3. The quantitative estimate of drug-likeness (QED) is 0.188. The average Bonchev–Trinajstić information content (AvgIpc) is 3.21. The van der Waals surface area contributed by atoms with Crippen LogP contribution in [0.25, 0.3) is 0 Å². The van der Waals surface area contributed by atoms with Gasteiger partial charge in [0, 0.05) is 41.1 Å². The Labute approximate surface area is 238 Å². The summed E-state index contributed by atoms with van der Waals surface area (Å²) in [7, 11) is 0. The molecule has 1 aliphatic carbocycles. The number of aromatic nitrogens is 1. The molecule has 214 valence electrons.